The Morgan fingerprint density at radius 1 is 0.891 bits per heavy atom. The molecule has 0 aliphatic carbocycles. The second kappa shape index (κ2) is 16.3. The lowest BCUT2D eigenvalue weighted by atomic mass is 9.92. The highest BCUT2D eigenvalue weighted by atomic mass is 16.6. The number of ether oxygens (including phenoxy) is 2. The molecule has 0 aliphatic rings. The summed E-state index contributed by atoms with van der Waals surface area (Å²) in [6, 6.07) is 13.1. The maximum absolute atomic E-state index is 14.4. The van der Waals surface area contributed by atoms with Crippen molar-refractivity contribution in [1.82, 2.24) is 15.5 Å². The van der Waals surface area contributed by atoms with Gasteiger partial charge in [0.25, 0.3) is 0 Å². The van der Waals surface area contributed by atoms with E-state index in [1.165, 1.54) is 4.90 Å². The van der Waals surface area contributed by atoms with Crippen LogP contribution in [-0.2, 0) is 30.3 Å². The van der Waals surface area contributed by atoms with Gasteiger partial charge in [-0.2, -0.15) is 5.26 Å². The molecule has 3 amide bonds. The van der Waals surface area contributed by atoms with E-state index in [2.05, 4.69) is 10.6 Å². The topological polar surface area (TPSA) is 138 Å². The lowest BCUT2D eigenvalue weighted by Crippen LogP contribution is -2.56. The molecule has 2 aromatic rings. The number of benzene rings is 2. The van der Waals surface area contributed by atoms with Crippen molar-refractivity contribution in [3.05, 3.63) is 70.8 Å². The van der Waals surface area contributed by atoms with Crippen molar-refractivity contribution in [2.45, 2.75) is 111 Å². The van der Waals surface area contributed by atoms with E-state index in [0.29, 0.717) is 12.0 Å². The molecular weight excluding hydrogens is 584 g/mol. The lowest BCUT2D eigenvalue weighted by molar-refractivity contribution is -0.159. The van der Waals surface area contributed by atoms with Crippen LogP contribution < -0.4 is 10.6 Å². The molecule has 250 valence electrons. The van der Waals surface area contributed by atoms with E-state index in [1.54, 1.807) is 60.6 Å². The molecule has 10 heteroatoms. The minimum atomic E-state index is -1.31. The van der Waals surface area contributed by atoms with E-state index in [0.717, 1.165) is 16.7 Å². The van der Waals surface area contributed by atoms with Crippen LogP contribution in [-0.4, -0.2) is 58.6 Å². The Hall–Kier alpha value is -4.39. The van der Waals surface area contributed by atoms with Crippen molar-refractivity contribution in [3.8, 4) is 6.07 Å². The van der Waals surface area contributed by atoms with Gasteiger partial charge in [-0.15, -0.1) is 0 Å². The number of alkyl carbamates (subject to hydrolysis) is 1. The Balaban J connectivity index is 2.66. The summed E-state index contributed by atoms with van der Waals surface area (Å²) in [4.78, 5) is 56.3. The molecule has 10 nitrogen and oxygen atoms in total. The molecule has 2 aromatic carbocycles. The molecule has 0 aliphatic heterocycles. The van der Waals surface area contributed by atoms with Crippen LogP contribution in [0.2, 0.25) is 0 Å². The van der Waals surface area contributed by atoms with E-state index < -0.39 is 59.7 Å². The molecular formula is C36H50N4O6. The first-order chi connectivity index (χ1) is 21.4. The number of hydrogen-bond donors (Lipinski definition) is 2. The van der Waals surface area contributed by atoms with Crippen molar-refractivity contribution < 1.29 is 28.7 Å². The molecule has 0 heterocycles. The number of nitrogens with zero attached hydrogens (tertiary/aromatic N) is 2. The third-order valence-electron chi connectivity index (χ3n) is 7.47. The third-order valence-corrected chi connectivity index (χ3v) is 7.47. The van der Waals surface area contributed by atoms with Gasteiger partial charge in [0.1, 0.15) is 35.9 Å². The largest absolute Gasteiger partial charge is 0.458 e. The maximum Gasteiger partial charge on any atom is 0.408 e. The van der Waals surface area contributed by atoms with Crippen LogP contribution in [0.1, 0.15) is 90.1 Å². The second-order valence-corrected chi connectivity index (χ2v) is 13.6. The van der Waals surface area contributed by atoms with Crippen molar-refractivity contribution >= 4 is 23.9 Å². The van der Waals surface area contributed by atoms with E-state index in [-0.39, 0.29) is 12.3 Å². The Labute approximate surface area is 273 Å². The highest BCUT2D eigenvalue weighted by Crippen LogP contribution is 2.29. The summed E-state index contributed by atoms with van der Waals surface area (Å²) in [6.45, 7) is 17.3. The molecule has 0 radical (unpaired) electrons. The molecule has 0 saturated carbocycles. The van der Waals surface area contributed by atoms with Gasteiger partial charge in [0.15, 0.2) is 0 Å². The quantitative estimate of drug-likeness (QED) is 0.226. The van der Waals surface area contributed by atoms with Gasteiger partial charge in [0.2, 0.25) is 11.8 Å². The summed E-state index contributed by atoms with van der Waals surface area (Å²) >= 11 is 0. The zero-order chi connectivity index (χ0) is 34.8. The molecule has 0 fully saturated rings. The van der Waals surface area contributed by atoms with Gasteiger partial charge in [-0.05, 0) is 83.6 Å². The van der Waals surface area contributed by atoms with Gasteiger partial charge < -0.3 is 25.0 Å². The fraction of sp³-hybridized carbons (Fsp3) is 0.528. The summed E-state index contributed by atoms with van der Waals surface area (Å²) in [5.74, 6) is -2.29. The zero-order valence-corrected chi connectivity index (χ0v) is 28.9. The number of aryl methyl sites for hydroxylation is 1. The summed E-state index contributed by atoms with van der Waals surface area (Å²) in [5.41, 5.74) is 1.28. The molecule has 4 unspecified atom stereocenters. The van der Waals surface area contributed by atoms with Crippen molar-refractivity contribution in [1.29, 1.82) is 5.26 Å². The van der Waals surface area contributed by atoms with Crippen molar-refractivity contribution in [2.24, 2.45) is 5.92 Å². The molecule has 0 aromatic heterocycles. The highest BCUT2D eigenvalue weighted by molar-refractivity contribution is 5.94. The number of rotatable bonds is 12. The van der Waals surface area contributed by atoms with Crippen LogP contribution >= 0.6 is 0 Å². The molecule has 2 rings (SSSR count). The summed E-state index contributed by atoms with van der Waals surface area (Å²) in [5, 5.41) is 15.5. The minimum absolute atomic E-state index is 0.142. The van der Waals surface area contributed by atoms with Gasteiger partial charge in [-0.1, -0.05) is 68.8 Å². The number of carbonyl (C=O) groups is 4. The Morgan fingerprint density at radius 2 is 1.50 bits per heavy atom. The first-order valence-corrected chi connectivity index (χ1v) is 15.7. The zero-order valence-electron chi connectivity index (χ0n) is 28.9. The van der Waals surface area contributed by atoms with Crippen LogP contribution in [0.3, 0.4) is 0 Å². The minimum Gasteiger partial charge on any atom is -0.458 e. The Morgan fingerprint density at radius 3 is 2.04 bits per heavy atom. The van der Waals surface area contributed by atoms with Crippen LogP contribution in [0.15, 0.2) is 48.5 Å². The first-order valence-electron chi connectivity index (χ1n) is 15.7. The Kier molecular flexibility index (Phi) is 13.4. The second-order valence-electron chi connectivity index (χ2n) is 13.6. The fourth-order valence-electron chi connectivity index (χ4n) is 4.86. The smallest absolute Gasteiger partial charge is 0.408 e. The maximum atomic E-state index is 14.4. The van der Waals surface area contributed by atoms with Crippen LogP contribution in [0.25, 0.3) is 0 Å². The summed E-state index contributed by atoms with van der Waals surface area (Å²) in [6.07, 6.45) is -0.128. The summed E-state index contributed by atoms with van der Waals surface area (Å²) < 4.78 is 11.1. The van der Waals surface area contributed by atoms with Crippen molar-refractivity contribution in [2.75, 3.05) is 6.54 Å². The number of esters is 1. The number of carbonyl (C=O) groups excluding carboxylic acids is 4. The highest BCUT2D eigenvalue weighted by Gasteiger charge is 2.40. The van der Waals surface area contributed by atoms with Gasteiger partial charge >= 0.3 is 12.1 Å². The lowest BCUT2D eigenvalue weighted by Gasteiger charge is -2.36. The first kappa shape index (κ1) is 37.8. The number of nitrogens with one attached hydrogen (secondary N) is 2. The van der Waals surface area contributed by atoms with E-state index in [9.17, 15) is 24.4 Å². The average molecular weight is 635 g/mol. The monoisotopic (exact) mass is 634 g/mol. The molecule has 0 spiro atoms. The Bertz CT molecular complexity index is 1400. The predicted octanol–water partition coefficient (Wildman–Crippen LogP) is 5.71. The van der Waals surface area contributed by atoms with Crippen LogP contribution in [0, 0.1) is 31.1 Å². The van der Waals surface area contributed by atoms with E-state index in [1.807, 2.05) is 63.2 Å². The van der Waals surface area contributed by atoms with Crippen molar-refractivity contribution in [3.63, 3.8) is 0 Å². The number of amides is 3. The van der Waals surface area contributed by atoms with Gasteiger partial charge in [0, 0.05) is 6.42 Å². The van der Waals surface area contributed by atoms with Crippen LogP contribution in [0.5, 0.6) is 0 Å². The SMILES string of the molecule is CCC(C)C(NC(=O)OC(C)(C)C)C(=O)N(CC#N)C(C(=O)NC(Cc1ccccc1)C(=O)OC(C)(C)C)c1cccc(C)c1C. The van der Waals surface area contributed by atoms with Gasteiger partial charge in [-0.25, -0.2) is 9.59 Å². The number of nitriles is 1. The predicted molar refractivity (Wildman–Crippen MR) is 177 cm³/mol. The molecule has 2 N–H and O–H groups in total. The molecule has 0 saturated heterocycles. The van der Waals surface area contributed by atoms with Crippen LogP contribution in [0.4, 0.5) is 4.79 Å². The fourth-order valence-corrected chi connectivity index (χ4v) is 4.86. The standard InChI is InChI=1S/C36H50N4O6/c1-11-23(2)29(39-34(44)46-36(8,9)10)32(42)40(21-20-37)30(27-19-15-16-24(3)25(27)4)31(41)38-28(33(43)45-35(5,6)7)22-26-17-13-12-14-18-26/h12-19,23,28-30H,11,21-22H2,1-10H3,(H,38,41)(H,39,44). The molecule has 0 bridgehead atoms. The normalized spacial score (nSPS) is 14.1. The van der Waals surface area contributed by atoms with Gasteiger partial charge in [-0.3, -0.25) is 9.59 Å². The van der Waals surface area contributed by atoms with Gasteiger partial charge in [0.05, 0.1) is 6.07 Å². The summed E-state index contributed by atoms with van der Waals surface area (Å²) in [7, 11) is 0. The van der Waals surface area contributed by atoms with E-state index in [4.69, 9.17) is 9.47 Å². The molecule has 46 heavy (non-hydrogen) atoms. The average Bonchev–Trinajstić information content (AvgIpc) is 2.95. The molecule has 4 atom stereocenters. The third kappa shape index (κ3) is 11.2. The number of hydrogen-bond acceptors (Lipinski definition) is 7. The van der Waals surface area contributed by atoms with E-state index >= 15 is 0 Å².